The van der Waals surface area contributed by atoms with E-state index in [1.165, 1.54) is 6.20 Å². The van der Waals surface area contributed by atoms with Crippen LogP contribution in [0.2, 0.25) is 0 Å². The SMILES string of the molecule is CCOC(=O)c1sc2c(-c3cc(F)cc(F)c3F)nccc2c1C(C)C. The molecule has 0 aliphatic carbocycles. The zero-order chi connectivity index (χ0) is 19.0. The summed E-state index contributed by atoms with van der Waals surface area (Å²) in [4.78, 5) is 16.9. The first-order valence-electron chi connectivity index (χ1n) is 8.08. The van der Waals surface area contributed by atoms with Gasteiger partial charge in [0.05, 0.1) is 17.0 Å². The molecule has 136 valence electrons. The Labute approximate surface area is 152 Å². The van der Waals surface area contributed by atoms with Gasteiger partial charge in [-0.05, 0) is 30.5 Å². The molecule has 0 saturated carbocycles. The molecule has 0 amide bonds. The van der Waals surface area contributed by atoms with E-state index in [0.29, 0.717) is 21.0 Å². The van der Waals surface area contributed by atoms with Crippen molar-refractivity contribution in [2.75, 3.05) is 6.61 Å². The second kappa shape index (κ2) is 7.07. The first kappa shape index (κ1) is 18.4. The van der Waals surface area contributed by atoms with Crippen molar-refractivity contribution < 1.29 is 22.7 Å². The molecule has 26 heavy (non-hydrogen) atoms. The Kier molecular flexibility index (Phi) is 5.00. The molecule has 0 radical (unpaired) electrons. The van der Waals surface area contributed by atoms with Crippen LogP contribution in [0.25, 0.3) is 21.3 Å². The number of halogens is 3. The van der Waals surface area contributed by atoms with Crippen molar-refractivity contribution in [3.63, 3.8) is 0 Å². The summed E-state index contributed by atoms with van der Waals surface area (Å²) in [5.41, 5.74) is 0.574. The zero-order valence-electron chi connectivity index (χ0n) is 14.4. The van der Waals surface area contributed by atoms with Crippen LogP contribution < -0.4 is 0 Å². The summed E-state index contributed by atoms with van der Waals surface area (Å²) in [7, 11) is 0. The topological polar surface area (TPSA) is 39.2 Å². The highest BCUT2D eigenvalue weighted by molar-refractivity contribution is 7.21. The lowest BCUT2D eigenvalue weighted by molar-refractivity contribution is 0.0530. The molecule has 0 N–H and O–H groups in total. The summed E-state index contributed by atoms with van der Waals surface area (Å²) in [5.74, 6) is -3.85. The highest BCUT2D eigenvalue weighted by atomic mass is 32.1. The molecule has 0 aliphatic heterocycles. The monoisotopic (exact) mass is 379 g/mol. The molecular weight excluding hydrogens is 363 g/mol. The molecule has 0 spiro atoms. The van der Waals surface area contributed by atoms with Gasteiger partial charge in [0.15, 0.2) is 11.6 Å². The van der Waals surface area contributed by atoms with Crippen molar-refractivity contribution in [1.82, 2.24) is 4.98 Å². The number of thiophene rings is 1. The third kappa shape index (κ3) is 3.07. The van der Waals surface area contributed by atoms with Gasteiger partial charge in [-0.1, -0.05) is 13.8 Å². The normalized spacial score (nSPS) is 11.3. The Hall–Kier alpha value is -2.41. The fraction of sp³-hybridized carbons (Fsp3) is 0.263. The smallest absolute Gasteiger partial charge is 0.348 e. The van der Waals surface area contributed by atoms with Gasteiger partial charge >= 0.3 is 5.97 Å². The molecule has 3 aromatic rings. The summed E-state index contributed by atoms with van der Waals surface area (Å²) in [6.45, 7) is 5.77. The van der Waals surface area contributed by atoms with Gasteiger partial charge in [-0.25, -0.2) is 18.0 Å². The number of ether oxygens (including phenoxy) is 1. The molecule has 2 heterocycles. The number of pyridine rings is 1. The van der Waals surface area contributed by atoms with Gasteiger partial charge in [-0.2, -0.15) is 0 Å². The van der Waals surface area contributed by atoms with Crippen molar-refractivity contribution in [2.45, 2.75) is 26.7 Å². The third-order valence-corrected chi connectivity index (χ3v) is 5.14. The fourth-order valence-corrected chi connectivity index (χ4v) is 4.23. The van der Waals surface area contributed by atoms with Gasteiger partial charge in [0.25, 0.3) is 0 Å². The zero-order valence-corrected chi connectivity index (χ0v) is 15.2. The first-order chi connectivity index (χ1) is 12.3. The number of hydrogen-bond acceptors (Lipinski definition) is 4. The quantitative estimate of drug-likeness (QED) is 0.432. The van der Waals surface area contributed by atoms with Gasteiger partial charge in [0.2, 0.25) is 0 Å². The fourth-order valence-electron chi connectivity index (χ4n) is 2.88. The molecule has 0 aliphatic rings. The standard InChI is InChI=1S/C19H16F3NO2S/c1-4-25-19(24)18-14(9(2)3)11-5-6-23-16(17(11)26-18)12-7-10(20)8-13(21)15(12)22/h5-9H,4H2,1-3H3. The van der Waals surface area contributed by atoms with Gasteiger partial charge in [-0.3, -0.25) is 4.98 Å². The summed E-state index contributed by atoms with van der Waals surface area (Å²) < 4.78 is 47.2. The number of nitrogens with zero attached hydrogens (tertiary/aromatic N) is 1. The summed E-state index contributed by atoms with van der Waals surface area (Å²) >= 11 is 1.09. The number of aromatic nitrogens is 1. The molecule has 1 aromatic carbocycles. The Morgan fingerprint density at radius 3 is 2.65 bits per heavy atom. The molecular formula is C19H16F3NO2S. The van der Waals surface area contributed by atoms with Crippen LogP contribution in [0.5, 0.6) is 0 Å². The van der Waals surface area contributed by atoms with Crippen LogP contribution in [0.4, 0.5) is 13.2 Å². The average Bonchev–Trinajstić information content (AvgIpc) is 2.98. The second-order valence-corrected chi connectivity index (χ2v) is 7.03. The van der Waals surface area contributed by atoms with Gasteiger partial charge in [0, 0.05) is 23.2 Å². The molecule has 0 bridgehead atoms. The predicted molar refractivity (Wildman–Crippen MR) is 95.0 cm³/mol. The van der Waals surface area contributed by atoms with E-state index in [2.05, 4.69) is 4.98 Å². The first-order valence-corrected chi connectivity index (χ1v) is 8.90. The Morgan fingerprint density at radius 2 is 2.00 bits per heavy atom. The predicted octanol–water partition coefficient (Wildman–Crippen LogP) is 5.68. The summed E-state index contributed by atoms with van der Waals surface area (Å²) in [6.07, 6.45) is 1.44. The van der Waals surface area contributed by atoms with E-state index in [0.717, 1.165) is 23.0 Å². The highest BCUT2D eigenvalue weighted by Crippen LogP contribution is 2.41. The lowest BCUT2D eigenvalue weighted by atomic mass is 9.98. The van der Waals surface area contributed by atoms with Crippen LogP contribution in [0.1, 0.15) is 41.9 Å². The number of esters is 1. The second-order valence-electron chi connectivity index (χ2n) is 6.01. The van der Waals surface area contributed by atoms with Gasteiger partial charge < -0.3 is 4.74 Å². The minimum atomic E-state index is -1.29. The number of hydrogen-bond donors (Lipinski definition) is 0. The highest BCUT2D eigenvalue weighted by Gasteiger charge is 2.25. The minimum Gasteiger partial charge on any atom is -0.462 e. The molecule has 3 rings (SSSR count). The molecule has 3 nitrogen and oxygen atoms in total. The van der Waals surface area contributed by atoms with Crippen LogP contribution in [-0.2, 0) is 4.74 Å². The maximum absolute atomic E-state index is 14.3. The Bertz CT molecular complexity index is 998. The van der Waals surface area contributed by atoms with Crippen LogP contribution in [0.15, 0.2) is 24.4 Å². The van der Waals surface area contributed by atoms with E-state index in [1.54, 1.807) is 13.0 Å². The van der Waals surface area contributed by atoms with Crippen molar-refractivity contribution in [3.05, 3.63) is 52.3 Å². The lowest BCUT2D eigenvalue weighted by Gasteiger charge is -2.08. The molecule has 2 aromatic heterocycles. The number of carbonyl (C=O) groups excluding carboxylic acids is 1. The van der Waals surface area contributed by atoms with E-state index in [-0.39, 0.29) is 23.8 Å². The summed E-state index contributed by atoms with van der Waals surface area (Å²) in [5, 5.41) is 0.696. The number of carbonyl (C=O) groups is 1. The van der Waals surface area contributed by atoms with Crippen molar-refractivity contribution in [1.29, 1.82) is 0 Å². The molecule has 0 fully saturated rings. The van der Waals surface area contributed by atoms with E-state index in [1.807, 2.05) is 13.8 Å². The van der Waals surface area contributed by atoms with Gasteiger partial charge in [-0.15, -0.1) is 11.3 Å². The van der Waals surface area contributed by atoms with Crippen LogP contribution in [0.3, 0.4) is 0 Å². The van der Waals surface area contributed by atoms with E-state index in [9.17, 15) is 18.0 Å². The van der Waals surface area contributed by atoms with E-state index in [4.69, 9.17) is 4.74 Å². The molecule has 0 unspecified atom stereocenters. The Balaban J connectivity index is 2.33. The molecule has 0 atom stereocenters. The average molecular weight is 379 g/mol. The van der Waals surface area contributed by atoms with Gasteiger partial charge in [0.1, 0.15) is 10.7 Å². The number of fused-ring (bicyclic) bond motifs is 1. The number of benzene rings is 1. The van der Waals surface area contributed by atoms with Crippen molar-refractivity contribution >= 4 is 27.4 Å². The van der Waals surface area contributed by atoms with Crippen LogP contribution >= 0.6 is 11.3 Å². The van der Waals surface area contributed by atoms with Crippen molar-refractivity contribution in [2.24, 2.45) is 0 Å². The van der Waals surface area contributed by atoms with E-state index >= 15 is 0 Å². The van der Waals surface area contributed by atoms with Crippen LogP contribution in [-0.4, -0.2) is 17.6 Å². The molecule has 0 saturated heterocycles. The lowest BCUT2D eigenvalue weighted by Crippen LogP contribution is -2.05. The maximum atomic E-state index is 14.3. The minimum absolute atomic E-state index is 0.00695. The van der Waals surface area contributed by atoms with Crippen molar-refractivity contribution in [3.8, 4) is 11.3 Å². The van der Waals surface area contributed by atoms with Crippen LogP contribution in [0, 0.1) is 17.5 Å². The number of rotatable bonds is 4. The Morgan fingerprint density at radius 1 is 1.27 bits per heavy atom. The van der Waals surface area contributed by atoms with E-state index < -0.39 is 23.4 Å². The largest absolute Gasteiger partial charge is 0.462 e. The molecule has 7 heteroatoms. The maximum Gasteiger partial charge on any atom is 0.348 e. The summed E-state index contributed by atoms with van der Waals surface area (Å²) in [6, 6.07) is 3.09. The third-order valence-electron chi connectivity index (χ3n) is 3.93.